The Balaban J connectivity index is 2.42. The number of aromatic nitrogens is 1. The van der Waals surface area contributed by atoms with Gasteiger partial charge in [-0.3, -0.25) is 4.79 Å². The monoisotopic (exact) mass is 239 g/mol. The first-order chi connectivity index (χ1) is 8.06. The summed E-state index contributed by atoms with van der Waals surface area (Å²) in [6, 6.07) is 3.00. The van der Waals surface area contributed by atoms with Gasteiger partial charge in [-0.25, -0.2) is 4.98 Å². The Morgan fingerprint density at radius 1 is 1.47 bits per heavy atom. The molecule has 0 amide bonds. The minimum absolute atomic E-state index is 0.124. The highest BCUT2D eigenvalue weighted by Gasteiger charge is 2.45. The Bertz CT molecular complexity index is 428. The second-order valence-corrected chi connectivity index (χ2v) is 4.46. The lowest BCUT2D eigenvalue weighted by molar-refractivity contribution is -0.146. The number of hydrogen-bond acceptors (Lipinski definition) is 3. The molecule has 1 fully saturated rings. The van der Waals surface area contributed by atoms with Crippen LogP contribution in [0.2, 0.25) is 0 Å². The van der Waals surface area contributed by atoms with Crippen LogP contribution >= 0.6 is 0 Å². The maximum Gasteiger partial charge on any atom is 0.314 e. The SMILES string of the molecule is O=C(O)C1(c2cccnc2F)CCC(O)CC1. The molecule has 0 atom stereocenters. The Hall–Kier alpha value is -1.49. The van der Waals surface area contributed by atoms with Crippen molar-refractivity contribution in [1.29, 1.82) is 0 Å². The van der Waals surface area contributed by atoms with Crippen LogP contribution in [0.15, 0.2) is 18.3 Å². The van der Waals surface area contributed by atoms with E-state index < -0.39 is 23.4 Å². The van der Waals surface area contributed by atoms with E-state index in [9.17, 15) is 19.4 Å². The highest BCUT2D eigenvalue weighted by Crippen LogP contribution is 2.40. The average Bonchev–Trinajstić information content (AvgIpc) is 2.31. The first-order valence-corrected chi connectivity index (χ1v) is 5.59. The van der Waals surface area contributed by atoms with E-state index in [1.54, 1.807) is 0 Å². The van der Waals surface area contributed by atoms with Crippen LogP contribution in [-0.4, -0.2) is 27.3 Å². The van der Waals surface area contributed by atoms with Crippen molar-refractivity contribution in [2.75, 3.05) is 0 Å². The van der Waals surface area contributed by atoms with Crippen molar-refractivity contribution in [2.45, 2.75) is 37.2 Å². The van der Waals surface area contributed by atoms with E-state index >= 15 is 0 Å². The lowest BCUT2D eigenvalue weighted by Gasteiger charge is -2.35. The third-order valence-electron chi connectivity index (χ3n) is 3.49. The number of halogens is 1. The molecule has 0 spiro atoms. The summed E-state index contributed by atoms with van der Waals surface area (Å²) in [5.41, 5.74) is -1.11. The van der Waals surface area contributed by atoms with Crippen LogP contribution in [0.5, 0.6) is 0 Å². The van der Waals surface area contributed by atoms with Gasteiger partial charge in [-0.2, -0.15) is 4.39 Å². The number of hydrogen-bond donors (Lipinski definition) is 2. The molecule has 1 aliphatic rings. The fourth-order valence-corrected chi connectivity index (χ4v) is 2.44. The lowest BCUT2D eigenvalue weighted by atomic mass is 9.69. The molecule has 0 unspecified atom stereocenters. The van der Waals surface area contributed by atoms with E-state index in [2.05, 4.69) is 4.98 Å². The summed E-state index contributed by atoms with van der Waals surface area (Å²) in [5, 5.41) is 18.8. The summed E-state index contributed by atoms with van der Waals surface area (Å²) in [7, 11) is 0. The van der Waals surface area contributed by atoms with Gasteiger partial charge in [0.1, 0.15) is 0 Å². The normalized spacial score (nSPS) is 28.9. The second kappa shape index (κ2) is 4.41. The summed E-state index contributed by atoms with van der Waals surface area (Å²) in [6.07, 6.45) is 2.05. The Kier molecular flexibility index (Phi) is 3.11. The minimum Gasteiger partial charge on any atom is -0.481 e. The predicted molar refractivity (Wildman–Crippen MR) is 58.0 cm³/mol. The van der Waals surface area contributed by atoms with E-state index in [-0.39, 0.29) is 18.4 Å². The maximum atomic E-state index is 13.6. The molecular formula is C12H14FNO3. The predicted octanol–water partition coefficient (Wildman–Crippen LogP) is 1.48. The van der Waals surface area contributed by atoms with E-state index in [1.807, 2.05) is 0 Å². The lowest BCUT2D eigenvalue weighted by Crippen LogP contribution is -2.41. The smallest absolute Gasteiger partial charge is 0.314 e. The van der Waals surface area contributed by atoms with Crippen LogP contribution in [0.3, 0.4) is 0 Å². The summed E-state index contributed by atoms with van der Waals surface area (Å²) >= 11 is 0. The van der Waals surface area contributed by atoms with Crippen molar-refractivity contribution in [3.63, 3.8) is 0 Å². The van der Waals surface area contributed by atoms with Gasteiger partial charge in [-0.05, 0) is 31.7 Å². The average molecular weight is 239 g/mol. The largest absolute Gasteiger partial charge is 0.481 e. The van der Waals surface area contributed by atoms with E-state index in [0.717, 1.165) is 0 Å². The summed E-state index contributed by atoms with van der Waals surface area (Å²) in [4.78, 5) is 15.0. The fourth-order valence-electron chi connectivity index (χ4n) is 2.44. The molecule has 1 aromatic heterocycles. The van der Waals surface area contributed by atoms with Crippen molar-refractivity contribution in [2.24, 2.45) is 0 Å². The molecule has 5 heteroatoms. The first-order valence-electron chi connectivity index (χ1n) is 5.59. The Morgan fingerprint density at radius 3 is 2.65 bits per heavy atom. The molecule has 2 N–H and O–H groups in total. The van der Waals surface area contributed by atoms with Gasteiger partial charge >= 0.3 is 5.97 Å². The number of carboxylic acid groups (broad SMARTS) is 1. The zero-order valence-electron chi connectivity index (χ0n) is 9.27. The summed E-state index contributed by atoms with van der Waals surface area (Å²) < 4.78 is 13.6. The molecule has 1 aromatic rings. The molecule has 0 bridgehead atoms. The van der Waals surface area contributed by atoms with Gasteiger partial charge in [0, 0.05) is 11.8 Å². The van der Waals surface area contributed by atoms with Gasteiger partial charge in [0.15, 0.2) is 0 Å². The standard InChI is InChI=1S/C12H14FNO3/c13-10-9(2-1-7-14-10)12(11(16)17)5-3-8(15)4-6-12/h1-2,7-8,15H,3-6H2,(H,16,17). The Labute approximate surface area is 98.1 Å². The third-order valence-corrected chi connectivity index (χ3v) is 3.49. The number of aliphatic hydroxyl groups excluding tert-OH is 1. The topological polar surface area (TPSA) is 70.4 Å². The van der Waals surface area contributed by atoms with Crippen molar-refractivity contribution in [3.05, 3.63) is 29.8 Å². The van der Waals surface area contributed by atoms with Crippen LogP contribution in [0.4, 0.5) is 4.39 Å². The quantitative estimate of drug-likeness (QED) is 0.767. The third kappa shape index (κ3) is 2.02. The van der Waals surface area contributed by atoms with Crippen molar-refractivity contribution in [3.8, 4) is 0 Å². The summed E-state index contributed by atoms with van der Waals surface area (Å²) in [6.45, 7) is 0. The molecule has 4 nitrogen and oxygen atoms in total. The minimum atomic E-state index is -1.24. The van der Waals surface area contributed by atoms with E-state index in [4.69, 9.17) is 0 Å². The molecule has 0 aliphatic heterocycles. The molecule has 1 saturated carbocycles. The maximum absolute atomic E-state index is 13.6. The molecule has 1 heterocycles. The van der Waals surface area contributed by atoms with Gasteiger partial charge in [0.25, 0.3) is 0 Å². The molecular weight excluding hydrogens is 225 g/mol. The van der Waals surface area contributed by atoms with Crippen LogP contribution in [0.1, 0.15) is 31.2 Å². The highest BCUT2D eigenvalue weighted by molar-refractivity contribution is 5.81. The number of pyridine rings is 1. The van der Waals surface area contributed by atoms with Crippen LogP contribution in [-0.2, 0) is 10.2 Å². The van der Waals surface area contributed by atoms with Crippen molar-refractivity contribution in [1.82, 2.24) is 4.98 Å². The first kappa shape index (κ1) is 12.0. The van der Waals surface area contributed by atoms with E-state index in [1.165, 1.54) is 18.3 Å². The fraction of sp³-hybridized carbons (Fsp3) is 0.500. The van der Waals surface area contributed by atoms with Crippen LogP contribution < -0.4 is 0 Å². The number of aliphatic hydroxyl groups is 1. The van der Waals surface area contributed by atoms with E-state index in [0.29, 0.717) is 12.8 Å². The van der Waals surface area contributed by atoms with Gasteiger partial charge in [0.2, 0.25) is 5.95 Å². The van der Waals surface area contributed by atoms with Crippen molar-refractivity contribution < 1.29 is 19.4 Å². The molecule has 2 rings (SSSR count). The number of carboxylic acids is 1. The Morgan fingerprint density at radius 2 is 2.12 bits per heavy atom. The zero-order valence-corrected chi connectivity index (χ0v) is 9.27. The number of carbonyl (C=O) groups is 1. The van der Waals surface area contributed by atoms with Crippen molar-refractivity contribution >= 4 is 5.97 Å². The molecule has 0 aromatic carbocycles. The molecule has 0 saturated heterocycles. The van der Waals surface area contributed by atoms with Gasteiger partial charge in [-0.15, -0.1) is 0 Å². The van der Waals surface area contributed by atoms with Gasteiger partial charge in [0.05, 0.1) is 11.5 Å². The van der Waals surface area contributed by atoms with Gasteiger partial charge < -0.3 is 10.2 Å². The molecule has 1 aliphatic carbocycles. The van der Waals surface area contributed by atoms with Gasteiger partial charge in [-0.1, -0.05) is 6.07 Å². The van der Waals surface area contributed by atoms with Crippen LogP contribution in [0, 0.1) is 5.95 Å². The van der Waals surface area contributed by atoms with Crippen LogP contribution in [0.25, 0.3) is 0 Å². The number of aliphatic carboxylic acids is 1. The molecule has 0 radical (unpaired) electrons. The number of nitrogens with zero attached hydrogens (tertiary/aromatic N) is 1. The molecule has 17 heavy (non-hydrogen) atoms. The highest BCUT2D eigenvalue weighted by atomic mass is 19.1. The second-order valence-electron chi connectivity index (χ2n) is 4.46. The summed E-state index contributed by atoms with van der Waals surface area (Å²) in [5.74, 6) is -1.78. The zero-order chi connectivity index (χ0) is 12.5. The molecule has 92 valence electrons. The number of rotatable bonds is 2.